The maximum absolute atomic E-state index is 6.44. The largest absolute Gasteiger partial charge is 0.305 e. The van der Waals surface area contributed by atoms with Gasteiger partial charge in [-0.05, 0) is 44.9 Å². The molecular formula is C17H24ClN3. The maximum Gasteiger partial charge on any atom is 0.0837 e. The fourth-order valence-corrected chi connectivity index (χ4v) is 2.82. The summed E-state index contributed by atoms with van der Waals surface area (Å²) in [5.41, 5.74) is 3.57. The van der Waals surface area contributed by atoms with Crippen LogP contribution in [0.3, 0.4) is 0 Å². The Kier molecular flexibility index (Phi) is 5.43. The highest BCUT2D eigenvalue weighted by Gasteiger charge is 2.23. The molecule has 0 spiro atoms. The van der Waals surface area contributed by atoms with Crippen molar-refractivity contribution in [2.24, 2.45) is 0 Å². The van der Waals surface area contributed by atoms with E-state index in [0.717, 1.165) is 23.7 Å². The van der Waals surface area contributed by atoms with Crippen LogP contribution in [-0.4, -0.2) is 16.3 Å². The van der Waals surface area contributed by atoms with Crippen LogP contribution in [0.2, 0.25) is 5.02 Å². The Labute approximate surface area is 132 Å². The van der Waals surface area contributed by atoms with E-state index in [2.05, 4.69) is 62.4 Å². The number of aryl methyl sites for hydroxylation is 1. The van der Waals surface area contributed by atoms with E-state index in [4.69, 9.17) is 11.6 Å². The molecule has 21 heavy (non-hydrogen) atoms. The summed E-state index contributed by atoms with van der Waals surface area (Å²) in [6.45, 7) is 9.50. The molecule has 0 saturated carbocycles. The molecule has 2 rings (SSSR count). The molecule has 1 N–H and O–H groups in total. The number of hydrogen-bond donors (Lipinski definition) is 1. The number of rotatable bonds is 6. The standard InChI is InChI=1S/C17H24ClN3/c1-5-10-19-16(14-9-7-6-8-13(14)4)17-15(18)11-20-21(17)12(2)3/h6-9,11-12,16,19H,5,10H2,1-4H3. The predicted molar refractivity (Wildman–Crippen MR) is 88.9 cm³/mol. The highest BCUT2D eigenvalue weighted by Crippen LogP contribution is 2.31. The molecule has 1 aromatic heterocycles. The van der Waals surface area contributed by atoms with Crippen LogP contribution in [0.5, 0.6) is 0 Å². The molecule has 114 valence electrons. The minimum Gasteiger partial charge on any atom is -0.305 e. The first-order valence-corrected chi connectivity index (χ1v) is 7.95. The van der Waals surface area contributed by atoms with Gasteiger partial charge < -0.3 is 5.32 Å². The summed E-state index contributed by atoms with van der Waals surface area (Å²) in [6, 6.07) is 8.80. The zero-order valence-electron chi connectivity index (χ0n) is 13.2. The Morgan fingerprint density at radius 1 is 1.29 bits per heavy atom. The van der Waals surface area contributed by atoms with E-state index in [0.29, 0.717) is 0 Å². The van der Waals surface area contributed by atoms with Gasteiger partial charge in [-0.2, -0.15) is 5.10 Å². The zero-order chi connectivity index (χ0) is 15.4. The number of aromatic nitrogens is 2. The lowest BCUT2D eigenvalue weighted by atomic mass is 9.98. The Morgan fingerprint density at radius 3 is 2.62 bits per heavy atom. The van der Waals surface area contributed by atoms with Gasteiger partial charge in [-0.25, -0.2) is 0 Å². The monoisotopic (exact) mass is 305 g/mol. The van der Waals surface area contributed by atoms with E-state index in [1.807, 2.05) is 4.68 Å². The fraction of sp³-hybridized carbons (Fsp3) is 0.471. The second-order valence-electron chi connectivity index (χ2n) is 5.66. The number of nitrogens with zero attached hydrogens (tertiary/aromatic N) is 2. The number of halogens is 1. The zero-order valence-corrected chi connectivity index (χ0v) is 14.0. The van der Waals surface area contributed by atoms with Gasteiger partial charge in [-0.15, -0.1) is 0 Å². The first-order valence-electron chi connectivity index (χ1n) is 7.58. The van der Waals surface area contributed by atoms with Gasteiger partial charge in [0.2, 0.25) is 0 Å². The molecule has 0 aliphatic carbocycles. The van der Waals surface area contributed by atoms with Gasteiger partial charge in [0, 0.05) is 6.04 Å². The fourth-order valence-electron chi connectivity index (χ4n) is 2.59. The van der Waals surface area contributed by atoms with Crippen LogP contribution >= 0.6 is 11.6 Å². The molecule has 3 nitrogen and oxygen atoms in total. The van der Waals surface area contributed by atoms with Crippen molar-refractivity contribution in [2.75, 3.05) is 6.54 Å². The van der Waals surface area contributed by atoms with Gasteiger partial charge in [-0.3, -0.25) is 4.68 Å². The van der Waals surface area contributed by atoms with Gasteiger partial charge in [0.1, 0.15) is 0 Å². The molecule has 0 saturated heterocycles. The molecule has 0 aliphatic heterocycles. The Balaban J connectivity index is 2.51. The van der Waals surface area contributed by atoms with Gasteiger partial charge in [0.05, 0.1) is 23.0 Å². The van der Waals surface area contributed by atoms with Gasteiger partial charge in [0.25, 0.3) is 0 Å². The molecule has 1 aromatic carbocycles. The molecule has 0 bridgehead atoms. The van der Waals surface area contributed by atoms with Crippen molar-refractivity contribution in [3.8, 4) is 0 Å². The minimum atomic E-state index is 0.0727. The van der Waals surface area contributed by atoms with Gasteiger partial charge >= 0.3 is 0 Å². The lowest BCUT2D eigenvalue weighted by Crippen LogP contribution is -2.27. The van der Waals surface area contributed by atoms with E-state index in [1.165, 1.54) is 11.1 Å². The second-order valence-corrected chi connectivity index (χ2v) is 6.07. The van der Waals surface area contributed by atoms with Crippen LogP contribution < -0.4 is 5.32 Å². The van der Waals surface area contributed by atoms with Crippen molar-refractivity contribution in [3.05, 3.63) is 52.3 Å². The van der Waals surface area contributed by atoms with Gasteiger partial charge in [0.15, 0.2) is 0 Å². The summed E-state index contributed by atoms with van der Waals surface area (Å²) in [4.78, 5) is 0. The lowest BCUT2D eigenvalue weighted by Gasteiger charge is -2.24. The highest BCUT2D eigenvalue weighted by atomic mass is 35.5. The van der Waals surface area contributed by atoms with E-state index in [1.54, 1.807) is 6.20 Å². The van der Waals surface area contributed by atoms with Crippen molar-refractivity contribution in [2.45, 2.75) is 46.2 Å². The number of benzene rings is 1. The average Bonchev–Trinajstić information content (AvgIpc) is 2.83. The van der Waals surface area contributed by atoms with Crippen LogP contribution in [-0.2, 0) is 0 Å². The topological polar surface area (TPSA) is 29.9 Å². The summed E-state index contributed by atoms with van der Waals surface area (Å²) in [5, 5.41) is 8.79. The van der Waals surface area contributed by atoms with Crippen molar-refractivity contribution in [1.82, 2.24) is 15.1 Å². The average molecular weight is 306 g/mol. The van der Waals surface area contributed by atoms with E-state index >= 15 is 0 Å². The van der Waals surface area contributed by atoms with Crippen LogP contribution in [0, 0.1) is 6.92 Å². The van der Waals surface area contributed by atoms with E-state index in [9.17, 15) is 0 Å². The van der Waals surface area contributed by atoms with Crippen LogP contribution in [0.4, 0.5) is 0 Å². The molecule has 1 heterocycles. The van der Waals surface area contributed by atoms with Gasteiger partial charge in [-0.1, -0.05) is 42.8 Å². The van der Waals surface area contributed by atoms with E-state index in [-0.39, 0.29) is 12.1 Å². The van der Waals surface area contributed by atoms with Crippen molar-refractivity contribution < 1.29 is 0 Å². The first-order chi connectivity index (χ1) is 10.1. The molecule has 2 aromatic rings. The summed E-state index contributed by atoms with van der Waals surface area (Å²) in [6.07, 6.45) is 2.83. The third-order valence-electron chi connectivity index (χ3n) is 3.65. The predicted octanol–water partition coefficient (Wildman–Crippen LogP) is 4.51. The Morgan fingerprint density at radius 2 is 2.00 bits per heavy atom. The summed E-state index contributed by atoms with van der Waals surface area (Å²) >= 11 is 6.44. The summed E-state index contributed by atoms with van der Waals surface area (Å²) < 4.78 is 2.02. The highest BCUT2D eigenvalue weighted by molar-refractivity contribution is 6.31. The number of hydrogen-bond acceptors (Lipinski definition) is 2. The smallest absolute Gasteiger partial charge is 0.0837 e. The second kappa shape index (κ2) is 7.10. The van der Waals surface area contributed by atoms with Crippen LogP contribution in [0.1, 0.15) is 56.1 Å². The lowest BCUT2D eigenvalue weighted by molar-refractivity contribution is 0.471. The first kappa shape index (κ1) is 16.1. The normalized spacial score (nSPS) is 12.9. The molecule has 0 fully saturated rings. The minimum absolute atomic E-state index is 0.0727. The molecule has 1 atom stereocenters. The molecular weight excluding hydrogens is 282 g/mol. The van der Waals surface area contributed by atoms with E-state index < -0.39 is 0 Å². The third-order valence-corrected chi connectivity index (χ3v) is 3.94. The van der Waals surface area contributed by atoms with Crippen molar-refractivity contribution in [3.63, 3.8) is 0 Å². The SMILES string of the molecule is CCCNC(c1ccccc1C)c1c(Cl)cnn1C(C)C. The molecule has 0 radical (unpaired) electrons. The molecule has 1 unspecified atom stereocenters. The quantitative estimate of drug-likeness (QED) is 0.850. The number of nitrogens with one attached hydrogen (secondary N) is 1. The Hall–Kier alpha value is -1.32. The van der Waals surface area contributed by atoms with Crippen LogP contribution in [0.15, 0.2) is 30.5 Å². The third kappa shape index (κ3) is 3.47. The molecule has 4 heteroatoms. The molecule has 0 amide bonds. The summed E-state index contributed by atoms with van der Waals surface area (Å²) in [7, 11) is 0. The Bertz CT molecular complexity index is 589. The maximum atomic E-state index is 6.44. The van der Waals surface area contributed by atoms with Crippen molar-refractivity contribution >= 4 is 11.6 Å². The summed E-state index contributed by atoms with van der Waals surface area (Å²) in [5.74, 6) is 0. The molecule has 0 aliphatic rings. The van der Waals surface area contributed by atoms with Crippen molar-refractivity contribution in [1.29, 1.82) is 0 Å². The van der Waals surface area contributed by atoms with Crippen LogP contribution in [0.25, 0.3) is 0 Å².